The molecule has 32 heavy (non-hydrogen) atoms. The van der Waals surface area contributed by atoms with E-state index in [0.29, 0.717) is 21.8 Å². The maximum atomic E-state index is 13.3. The molecule has 3 heterocycles. The van der Waals surface area contributed by atoms with Gasteiger partial charge in [0.05, 0.1) is 5.54 Å². The zero-order valence-corrected chi connectivity index (χ0v) is 17.9. The number of hydrogen-bond acceptors (Lipinski definition) is 5. The van der Waals surface area contributed by atoms with Crippen molar-refractivity contribution in [3.8, 4) is 0 Å². The van der Waals surface area contributed by atoms with Crippen molar-refractivity contribution in [3.63, 3.8) is 0 Å². The first-order chi connectivity index (χ1) is 15.4. The first kappa shape index (κ1) is 20.6. The van der Waals surface area contributed by atoms with Crippen LogP contribution in [0.1, 0.15) is 63.9 Å². The largest absolute Gasteiger partial charge is 0.342 e. The maximum Gasteiger partial charge on any atom is 0.255 e. The van der Waals surface area contributed by atoms with Gasteiger partial charge < -0.3 is 10.2 Å². The number of nitrogens with one attached hydrogen (secondary N) is 2. The average molecular weight is 453 g/mol. The molecule has 1 saturated carbocycles. The van der Waals surface area contributed by atoms with Gasteiger partial charge in [-0.25, -0.2) is 4.98 Å². The van der Waals surface area contributed by atoms with Gasteiger partial charge in [0, 0.05) is 30.3 Å². The van der Waals surface area contributed by atoms with E-state index in [4.69, 9.17) is 11.6 Å². The molecule has 2 aromatic rings. The Balaban J connectivity index is 1.41. The average Bonchev–Trinajstić information content (AvgIpc) is 3.08. The molecule has 2 fully saturated rings. The minimum Gasteiger partial charge on any atom is -0.342 e. The Kier molecular flexibility index (Phi) is 4.97. The number of hydrogen-bond donors (Lipinski definition) is 2. The zero-order chi connectivity index (χ0) is 22.5. The summed E-state index contributed by atoms with van der Waals surface area (Å²) in [7, 11) is 0. The van der Waals surface area contributed by atoms with Gasteiger partial charge in [0.2, 0.25) is 11.8 Å². The van der Waals surface area contributed by atoms with E-state index in [-0.39, 0.29) is 37.1 Å². The van der Waals surface area contributed by atoms with Crippen molar-refractivity contribution >= 4 is 35.2 Å². The lowest BCUT2D eigenvalue weighted by atomic mass is 9.72. The minimum atomic E-state index is -0.721. The van der Waals surface area contributed by atoms with Crippen molar-refractivity contribution in [1.29, 1.82) is 0 Å². The summed E-state index contributed by atoms with van der Waals surface area (Å²) >= 11 is 5.92. The number of carbonyl (C=O) groups is 4. The fourth-order valence-corrected chi connectivity index (χ4v) is 4.87. The molecule has 0 bridgehead atoms. The van der Waals surface area contributed by atoms with E-state index in [1.54, 1.807) is 30.5 Å². The maximum absolute atomic E-state index is 13.3. The van der Waals surface area contributed by atoms with Crippen LogP contribution in [0.4, 0.5) is 0 Å². The predicted octanol–water partition coefficient (Wildman–Crippen LogP) is 2.31. The molecule has 8 nitrogen and oxygen atoms in total. The molecule has 3 aliphatic rings. The highest BCUT2D eigenvalue weighted by Gasteiger charge is 2.43. The van der Waals surface area contributed by atoms with Crippen LogP contribution in [0.15, 0.2) is 36.5 Å². The summed E-state index contributed by atoms with van der Waals surface area (Å²) in [5.74, 6) is -1.38. The molecule has 1 saturated heterocycles. The van der Waals surface area contributed by atoms with Gasteiger partial charge in [0.15, 0.2) is 0 Å². The Morgan fingerprint density at radius 2 is 2.00 bits per heavy atom. The molecular weight excluding hydrogens is 432 g/mol. The quantitative estimate of drug-likeness (QED) is 0.546. The van der Waals surface area contributed by atoms with Crippen molar-refractivity contribution in [1.82, 2.24) is 20.5 Å². The number of halogens is 1. The highest BCUT2D eigenvalue weighted by molar-refractivity contribution is 6.29. The Morgan fingerprint density at radius 3 is 2.66 bits per heavy atom. The van der Waals surface area contributed by atoms with Gasteiger partial charge in [-0.2, -0.15) is 0 Å². The third-order valence-corrected chi connectivity index (χ3v) is 6.89. The first-order valence-electron chi connectivity index (χ1n) is 10.6. The number of pyridine rings is 1. The normalized spacial score (nSPS) is 21.6. The summed E-state index contributed by atoms with van der Waals surface area (Å²) in [4.78, 5) is 55.7. The van der Waals surface area contributed by atoms with Crippen molar-refractivity contribution < 1.29 is 19.2 Å². The molecule has 1 aromatic carbocycles. The van der Waals surface area contributed by atoms with Gasteiger partial charge in [0.1, 0.15) is 11.2 Å². The van der Waals surface area contributed by atoms with Crippen LogP contribution in [-0.4, -0.2) is 39.6 Å². The number of fused-ring (bicyclic) bond motifs is 1. The molecule has 1 atom stereocenters. The van der Waals surface area contributed by atoms with Crippen molar-refractivity contribution in [3.05, 3.63) is 63.9 Å². The highest BCUT2D eigenvalue weighted by Crippen LogP contribution is 2.42. The van der Waals surface area contributed by atoms with Crippen LogP contribution in [0, 0.1) is 0 Å². The summed E-state index contributed by atoms with van der Waals surface area (Å²) in [6.45, 7) is 0.152. The monoisotopic (exact) mass is 452 g/mol. The van der Waals surface area contributed by atoms with Crippen LogP contribution in [0.3, 0.4) is 0 Å². The Hall–Kier alpha value is -3.26. The fraction of sp³-hybridized carbons (Fsp3) is 0.348. The van der Waals surface area contributed by atoms with E-state index in [1.807, 2.05) is 6.07 Å². The predicted molar refractivity (Wildman–Crippen MR) is 115 cm³/mol. The third-order valence-electron chi connectivity index (χ3n) is 6.67. The number of amides is 4. The van der Waals surface area contributed by atoms with Crippen molar-refractivity contribution in [2.45, 2.75) is 50.2 Å². The Bertz CT molecular complexity index is 1140. The number of carbonyl (C=O) groups excluding carboxylic acids is 4. The summed E-state index contributed by atoms with van der Waals surface area (Å²) < 4.78 is 0. The first-order valence-corrected chi connectivity index (χ1v) is 11.0. The SMILES string of the molecule is O=C1CCC(N2Cc3c(C(=O)NC4(c5ccc(Cl)nc5)CCC4)cccc3C2=O)C(=O)N1. The number of benzene rings is 1. The van der Waals surface area contributed by atoms with Gasteiger partial charge in [-0.3, -0.25) is 24.5 Å². The summed E-state index contributed by atoms with van der Waals surface area (Å²) in [5, 5.41) is 5.84. The Labute approximate surface area is 189 Å². The molecule has 2 N–H and O–H groups in total. The van der Waals surface area contributed by atoms with E-state index < -0.39 is 17.5 Å². The minimum absolute atomic E-state index is 0.152. The number of aromatic nitrogens is 1. The number of rotatable bonds is 4. The molecule has 1 aromatic heterocycles. The number of nitrogens with zero attached hydrogens (tertiary/aromatic N) is 2. The zero-order valence-electron chi connectivity index (χ0n) is 17.2. The van der Waals surface area contributed by atoms with Gasteiger partial charge >= 0.3 is 0 Å². The second-order valence-corrected chi connectivity index (χ2v) is 8.88. The summed E-state index contributed by atoms with van der Waals surface area (Å²) in [6.07, 6.45) is 4.71. The second-order valence-electron chi connectivity index (χ2n) is 8.49. The smallest absolute Gasteiger partial charge is 0.255 e. The lowest BCUT2D eigenvalue weighted by Crippen LogP contribution is -2.52. The second kappa shape index (κ2) is 7.70. The molecular formula is C23H21ClN4O4. The van der Waals surface area contributed by atoms with Crippen LogP contribution in [0.5, 0.6) is 0 Å². The van der Waals surface area contributed by atoms with E-state index in [2.05, 4.69) is 15.6 Å². The highest BCUT2D eigenvalue weighted by atomic mass is 35.5. The van der Waals surface area contributed by atoms with Crippen LogP contribution in [-0.2, 0) is 21.7 Å². The molecule has 1 unspecified atom stereocenters. The molecule has 0 radical (unpaired) electrons. The molecule has 5 rings (SSSR count). The van der Waals surface area contributed by atoms with Crippen LogP contribution in [0.25, 0.3) is 0 Å². The van der Waals surface area contributed by atoms with E-state index in [0.717, 1.165) is 24.8 Å². The van der Waals surface area contributed by atoms with Crippen molar-refractivity contribution in [2.75, 3.05) is 0 Å². The molecule has 9 heteroatoms. The summed E-state index contributed by atoms with van der Waals surface area (Å²) in [6, 6.07) is 7.90. The van der Waals surface area contributed by atoms with E-state index in [1.165, 1.54) is 4.90 Å². The number of piperidine rings is 1. The van der Waals surface area contributed by atoms with Crippen molar-refractivity contribution in [2.24, 2.45) is 0 Å². The summed E-state index contributed by atoms with van der Waals surface area (Å²) in [5.41, 5.74) is 1.82. The lowest BCUT2D eigenvalue weighted by Gasteiger charge is -2.43. The van der Waals surface area contributed by atoms with Gasteiger partial charge in [0.25, 0.3) is 11.8 Å². The molecule has 2 aliphatic heterocycles. The van der Waals surface area contributed by atoms with E-state index in [9.17, 15) is 19.2 Å². The topological polar surface area (TPSA) is 108 Å². The third kappa shape index (κ3) is 3.35. The molecule has 164 valence electrons. The number of imide groups is 1. The van der Waals surface area contributed by atoms with Crippen LogP contribution < -0.4 is 10.6 Å². The molecule has 4 amide bonds. The van der Waals surface area contributed by atoms with Crippen LogP contribution >= 0.6 is 11.6 Å². The van der Waals surface area contributed by atoms with E-state index >= 15 is 0 Å². The fourth-order valence-electron chi connectivity index (χ4n) is 4.76. The van der Waals surface area contributed by atoms with Gasteiger partial charge in [-0.05, 0) is 55.0 Å². The molecule has 0 spiro atoms. The van der Waals surface area contributed by atoms with Gasteiger partial charge in [-0.1, -0.05) is 23.7 Å². The molecule has 1 aliphatic carbocycles. The standard InChI is InChI=1S/C23H21ClN4O4/c24-18-7-5-13(11-25-18)23(9-2-10-23)27-20(30)14-3-1-4-15-16(14)12-28(22(15)32)17-6-8-19(29)26-21(17)31/h1,3-5,7,11,17H,2,6,8-10,12H2,(H,27,30)(H,26,29,31). The Morgan fingerprint density at radius 1 is 1.19 bits per heavy atom. The lowest BCUT2D eigenvalue weighted by molar-refractivity contribution is -0.136. The van der Waals surface area contributed by atoms with Crippen LogP contribution in [0.2, 0.25) is 5.15 Å². The van der Waals surface area contributed by atoms with Gasteiger partial charge in [-0.15, -0.1) is 0 Å².